The monoisotopic (exact) mass is 261 g/mol. The molecular weight excluding hydrogens is 234 g/mol. The van der Waals surface area contributed by atoms with Crippen LogP contribution in [0.5, 0.6) is 5.75 Å². The maximum Gasteiger partial charge on any atom is 0.119 e. The Morgan fingerprint density at radius 3 is 2.58 bits per heavy atom. The van der Waals surface area contributed by atoms with E-state index in [9.17, 15) is 0 Å². The zero-order valence-electron chi connectivity index (χ0n) is 12.7. The van der Waals surface area contributed by atoms with E-state index in [0.29, 0.717) is 5.41 Å². The maximum absolute atomic E-state index is 5.70. The van der Waals surface area contributed by atoms with Crippen LogP contribution in [0.4, 0.5) is 0 Å². The van der Waals surface area contributed by atoms with Crippen LogP contribution in [-0.2, 0) is 5.41 Å². The van der Waals surface area contributed by atoms with Gasteiger partial charge in [0.25, 0.3) is 0 Å². The predicted octanol–water partition coefficient (Wildman–Crippen LogP) is 3.75. The van der Waals surface area contributed by atoms with Crippen LogP contribution >= 0.6 is 0 Å². The van der Waals surface area contributed by atoms with Gasteiger partial charge in [0.15, 0.2) is 0 Å². The highest BCUT2D eigenvalue weighted by Crippen LogP contribution is 2.53. The molecule has 1 aromatic rings. The molecule has 1 aromatic carbocycles. The molecule has 2 rings (SSSR count). The van der Waals surface area contributed by atoms with Gasteiger partial charge in [-0.2, -0.15) is 0 Å². The molecule has 1 N–H and O–H groups in total. The molecule has 0 amide bonds. The minimum Gasteiger partial charge on any atom is -0.491 e. The van der Waals surface area contributed by atoms with Gasteiger partial charge in [-0.1, -0.05) is 26.0 Å². The lowest BCUT2D eigenvalue weighted by atomic mass is 9.95. The molecule has 0 bridgehead atoms. The third kappa shape index (κ3) is 3.50. The number of hydrogen-bond acceptors (Lipinski definition) is 2. The minimum atomic E-state index is 0.244. The van der Waals surface area contributed by atoms with Crippen molar-refractivity contribution >= 4 is 0 Å². The zero-order valence-corrected chi connectivity index (χ0v) is 12.7. The fourth-order valence-electron chi connectivity index (χ4n) is 2.74. The van der Waals surface area contributed by atoms with E-state index in [-0.39, 0.29) is 6.10 Å². The van der Waals surface area contributed by atoms with Crippen LogP contribution < -0.4 is 10.1 Å². The van der Waals surface area contributed by atoms with Crippen molar-refractivity contribution in [1.82, 2.24) is 5.32 Å². The summed E-state index contributed by atoms with van der Waals surface area (Å²) in [6.07, 6.45) is 2.76. The average Bonchev–Trinajstić information content (AvgIpc) is 3.02. The van der Waals surface area contributed by atoms with Crippen LogP contribution in [0.15, 0.2) is 24.3 Å². The summed E-state index contributed by atoms with van der Waals surface area (Å²) in [5.41, 5.74) is 1.82. The van der Waals surface area contributed by atoms with Gasteiger partial charge in [0, 0.05) is 0 Å². The minimum absolute atomic E-state index is 0.244. The molecule has 0 spiro atoms. The maximum atomic E-state index is 5.70. The predicted molar refractivity (Wildman–Crippen MR) is 80.8 cm³/mol. The number of rotatable bonds is 7. The van der Waals surface area contributed by atoms with Gasteiger partial charge in [-0.15, -0.1) is 0 Å². The molecule has 19 heavy (non-hydrogen) atoms. The molecular formula is C17H27NO. The Balaban J connectivity index is 1.92. The highest BCUT2D eigenvalue weighted by Gasteiger charge is 2.50. The van der Waals surface area contributed by atoms with E-state index >= 15 is 0 Å². The van der Waals surface area contributed by atoms with E-state index in [1.807, 2.05) is 0 Å². The molecule has 106 valence electrons. The summed E-state index contributed by atoms with van der Waals surface area (Å²) in [4.78, 5) is 0. The number of ether oxygens (including phenoxy) is 1. The zero-order chi connectivity index (χ0) is 13.9. The lowest BCUT2D eigenvalue weighted by Gasteiger charge is -2.14. The summed E-state index contributed by atoms with van der Waals surface area (Å²) in [6.45, 7) is 11.0. The van der Waals surface area contributed by atoms with Crippen molar-refractivity contribution < 1.29 is 4.74 Å². The van der Waals surface area contributed by atoms with Crippen LogP contribution in [0, 0.1) is 5.92 Å². The first-order chi connectivity index (χ1) is 9.06. The molecule has 0 radical (unpaired) electrons. The smallest absolute Gasteiger partial charge is 0.119 e. The SMILES string of the molecule is CCCNCC1CC1(C)c1ccc(OC(C)C)cc1. The third-order valence-electron chi connectivity index (χ3n) is 4.11. The molecule has 1 aliphatic rings. The van der Waals surface area contributed by atoms with Gasteiger partial charge in [-0.05, 0) is 68.8 Å². The first-order valence-corrected chi connectivity index (χ1v) is 7.54. The van der Waals surface area contributed by atoms with Crippen LogP contribution in [0.25, 0.3) is 0 Å². The number of nitrogens with one attached hydrogen (secondary N) is 1. The highest BCUT2D eigenvalue weighted by molar-refractivity contribution is 5.37. The van der Waals surface area contributed by atoms with Gasteiger partial charge in [0.1, 0.15) is 5.75 Å². The van der Waals surface area contributed by atoms with Crippen molar-refractivity contribution in [3.8, 4) is 5.75 Å². The molecule has 0 aromatic heterocycles. The Bertz CT molecular complexity index is 398. The van der Waals surface area contributed by atoms with Gasteiger partial charge in [0.05, 0.1) is 6.10 Å². The summed E-state index contributed by atoms with van der Waals surface area (Å²) in [5, 5.41) is 3.53. The standard InChI is InChI=1S/C17H27NO/c1-5-10-18-12-15-11-17(15,4)14-6-8-16(9-7-14)19-13(2)3/h6-9,13,15,18H,5,10-12H2,1-4H3. The summed E-state index contributed by atoms with van der Waals surface area (Å²) < 4.78 is 5.70. The molecule has 2 unspecified atom stereocenters. The average molecular weight is 261 g/mol. The second kappa shape index (κ2) is 5.96. The molecule has 2 heteroatoms. The van der Waals surface area contributed by atoms with Crippen molar-refractivity contribution in [3.05, 3.63) is 29.8 Å². The molecule has 0 aliphatic heterocycles. The molecule has 2 atom stereocenters. The number of hydrogen-bond donors (Lipinski definition) is 1. The molecule has 1 saturated carbocycles. The molecule has 1 fully saturated rings. The van der Waals surface area contributed by atoms with Gasteiger partial charge in [-0.3, -0.25) is 0 Å². The van der Waals surface area contributed by atoms with E-state index in [4.69, 9.17) is 4.74 Å². The summed E-state index contributed by atoms with van der Waals surface area (Å²) in [5.74, 6) is 1.76. The Hall–Kier alpha value is -1.02. The first-order valence-electron chi connectivity index (χ1n) is 7.54. The van der Waals surface area contributed by atoms with E-state index in [0.717, 1.165) is 24.8 Å². The second-order valence-corrected chi connectivity index (χ2v) is 6.21. The first kappa shape index (κ1) is 14.4. The van der Waals surface area contributed by atoms with Crippen LogP contribution in [0.1, 0.15) is 46.1 Å². The Labute approximate surface area is 117 Å². The van der Waals surface area contributed by atoms with Gasteiger partial charge in [-0.25, -0.2) is 0 Å². The van der Waals surface area contributed by atoms with Crippen molar-refractivity contribution in [3.63, 3.8) is 0 Å². The fraction of sp³-hybridized carbons (Fsp3) is 0.647. The van der Waals surface area contributed by atoms with E-state index in [1.54, 1.807) is 0 Å². The lowest BCUT2D eigenvalue weighted by molar-refractivity contribution is 0.242. The van der Waals surface area contributed by atoms with Crippen LogP contribution in [0.2, 0.25) is 0 Å². The summed E-state index contributed by atoms with van der Waals surface area (Å²) in [7, 11) is 0. The van der Waals surface area contributed by atoms with Gasteiger partial charge >= 0.3 is 0 Å². The molecule has 2 nitrogen and oxygen atoms in total. The van der Waals surface area contributed by atoms with E-state index in [2.05, 4.69) is 57.3 Å². The molecule has 1 aliphatic carbocycles. The van der Waals surface area contributed by atoms with Crippen molar-refractivity contribution in [2.45, 2.75) is 52.1 Å². The Morgan fingerprint density at radius 2 is 2.00 bits per heavy atom. The largest absolute Gasteiger partial charge is 0.491 e. The lowest BCUT2D eigenvalue weighted by Crippen LogP contribution is -2.20. The molecule has 0 saturated heterocycles. The number of benzene rings is 1. The fourth-order valence-corrected chi connectivity index (χ4v) is 2.74. The van der Waals surface area contributed by atoms with Crippen LogP contribution in [-0.4, -0.2) is 19.2 Å². The summed E-state index contributed by atoms with van der Waals surface area (Å²) in [6, 6.07) is 8.68. The van der Waals surface area contributed by atoms with E-state index < -0.39 is 0 Å². The second-order valence-electron chi connectivity index (χ2n) is 6.21. The molecule has 0 heterocycles. The van der Waals surface area contributed by atoms with Crippen molar-refractivity contribution in [1.29, 1.82) is 0 Å². The van der Waals surface area contributed by atoms with Gasteiger partial charge < -0.3 is 10.1 Å². The van der Waals surface area contributed by atoms with Crippen molar-refractivity contribution in [2.75, 3.05) is 13.1 Å². The summed E-state index contributed by atoms with van der Waals surface area (Å²) >= 11 is 0. The normalized spacial score (nSPS) is 25.6. The van der Waals surface area contributed by atoms with Crippen LogP contribution in [0.3, 0.4) is 0 Å². The highest BCUT2D eigenvalue weighted by atomic mass is 16.5. The van der Waals surface area contributed by atoms with Crippen molar-refractivity contribution in [2.24, 2.45) is 5.92 Å². The topological polar surface area (TPSA) is 21.3 Å². The Morgan fingerprint density at radius 1 is 1.32 bits per heavy atom. The third-order valence-corrected chi connectivity index (χ3v) is 4.11. The van der Waals surface area contributed by atoms with Gasteiger partial charge in [0.2, 0.25) is 0 Å². The van der Waals surface area contributed by atoms with E-state index in [1.165, 1.54) is 18.4 Å². The quantitative estimate of drug-likeness (QED) is 0.755. The Kier molecular flexibility index (Phi) is 4.51.